The molecule has 1 aromatic carbocycles. The number of ether oxygens (including phenoxy) is 2. The number of nitrogens with zero attached hydrogens (tertiary/aromatic N) is 3. The molecule has 0 aliphatic rings. The van der Waals surface area contributed by atoms with E-state index in [9.17, 15) is 14.9 Å². The summed E-state index contributed by atoms with van der Waals surface area (Å²) in [6.07, 6.45) is 5.19. The van der Waals surface area contributed by atoms with Crippen LogP contribution in [0.25, 0.3) is 0 Å². The number of benzene rings is 1. The highest BCUT2D eigenvalue weighted by Gasteiger charge is 2.24. The fourth-order valence-corrected chi connectivity index (χ4v) is 2.08. The third-order valence-electron chi connectivity index (χ3n) is 3.26. The van der Waals surface area contributed by atoms with E-state index in [0.29, 0.717) is 6.42 Å². The summed E-state index contributed by atoms with van der Waals surface area (Å²) < 4.78 is 10.1. The van der Waals surface area contributed by atoms with E-state index in [1.165, 1.54) is 32.7 Å². The standard InChI is InChI=1S/C15H16N4O5/c1-23-13-5-11(12(19(21)22)6-14(13)24-2)15(20)18-4-3-10-7-16-9-17-8-10/h5-9H,3-4H2,1-2H3,(H,18,20). The second-order valence-electron chi connectivity index (χ2n) is 4.73. The predicted molar refractivity (Wildman–Crippen MR) is 84.3 cm³/mol. The molecule has 1 N–H and O–H groups in total. The normalized spacial score (nSPS) is 10.1. The fourth-order valence-electron chi connectivity index (χ4n) is 2.08. The van der Waals surface area contributed by atoms with Crippen molar-refractivity contribution in [2.24, 2.45) is 0 Å². The van der Waals surface area contributed by atoms with Gasteiger partial charge in [0.25, 0.3) is 11.6 Å². The van der Waals surface area contributed by atoms with Gasteiger partial charge in [0.05, 0.1) is 25.2 Å². The van der Waals surface area contributed by atoms with Crippen LogP contribution in [0.3, 0.4) is 0 Å². The van der Waals surface area contributed by atoms with Crippen LogP contribution >= 0.6 is 0 Å². The Morgan fingerprint density at radius 1 is 1.21 bits per heavy atom. The number of amides is 1. The minimum absolute atomic E-state index is 0.0954. The lowest BCUT2D eigenvalue weighted by atomic mass is 10.1. The van der Waals surface area contributed by atoms with E-state index in [-0.39, 0.29) is 29.3 Å². The molecule has 0 aliphatic carbocycles. The van der Waals surface area contributed by atoms with E-state index >= 15 is 0 Å². The lowest BCUT2D eigenvalue weighted by Crippen LogP contribution is -2.26. The Hall–Kier alpha value is -3.23. The molecule has 0 unspecified atom stereocenters. The highest BCUT2D eigenvalue weighted by atomic mass is 16.6. The first kappa shape index (κ1) is 17.1. The van der Waals surface area contributed by atoms with Crippen LogP contribution in [0.2, 0.25) is 0 Å². The van der Waals surface area contributed by atoms with Gasteiger partial charge < -0.3 is 14.8 Å². The van der Waals surface area contributed by atoms with Crippen LogP contribution in [0.5, 0.6) is 11.5 Å². The SMILES string of the molecule is COc1cc(C(=O)NCCc2cncnc2)c([N+](=O)[O-])cc1OC. The Labute approximate surface area is 137 Å². The maximum absolute atomic E-state index is 12.3. The largest absolute Gasteiger partial charge is 0.493 e. The fraction of sp³-hybridized carbons (Fsp3) is 0.267. The molecule has 0 radical (unpaired) electrons. The number of carbonyl (C=O) groups excluding carboxylic acids is 1. The van der Waals surface area contributed by atoms with Crippen LogP contribution in [-0.2, 0) is 6.42 Å². The highest BCUT2D eigenvalue weighted by molar-refractivity contribution is 5.99. The molecule has 1 amide bonds. The van der Waals surface area contributed by atoms with E-state index in [4.69, 9.17) is 9.47 Å². The van der Waals surface area contributed by atoms with Gasteiger partial charge in [0, 0.05) is 25.0 Å². The number of nitro groups is 1. The number of carbonyl (C=O) groups is 1. The summed E-state index contributed by atoms with van der Waals surface area (Å²) >= 11 is 0. The molecule has 0 saturated heterocycles. The molecule has 1 heterocycles. The molecule has 24 heavy (non-hydrogen) atoms. The summed E-state index contributed by atoms with van der Waals surface area (Å²) in [4.78, 5) is 30.6. The second-order valence-corrected chi connectivity index (χ2v) is 4.73. The molecule has 0 spiro atoms. The molecule has 0 aliphatic heterocycles. The topological polar surface area (TPSA) is 116 Å². The van der Waals surface area contributed by atoms with Crippen molar-refractivity contribution in [1.82, 2.24) is 15.3 Å². The Bertz CT molecular complexity index is 736. The lowest BCUT2D eigenvalue weighted by Gasteiger charge is -2.11. The van der Waals surface area contributed by atoms with Gasteiger partial charge in [-0.05, 0) is 12.0 Å². The van der Waals surface area contributed by atoms with Crippen molar-refractivity contribution in [3.63, 3.8) is 0 Å². The Kier molecular flexibility index (Phi) is 5.61. The molecule has 0 saturated carbocycles. The molecule has 0 bridgehead atoms. The maximum atomic E-state index is 12.3. The molecule has 2 rings (SSSR count). The number of methoxy groups -OCH3 is 2. The number of aromatic nitrogens is 2. The second kappa shape index (κ2) is 7.86. The van der Waals surface area contributed by atoms with Gasteiger partial charge in [-0.1, -0.05) is 0 Å². The quantitative estimate of drug-likeness (QED) is 0.601. The van der Waals surface area contributed by atoms with Gasteiger partial charge in [-0.15, -0.1) is 0 Å². The average molecular weight is 332 g/mol. The summed E-state index contributed by atoms with van der Waals surface area (Å²) in [7, 11) is 2.75. The van der Waals surface area contributed by atoms with Crippen molar-refractivity contribution in [3.05, 3.63) is 52.1 Å². The zero-order valence-corrected chi connectivity index (χ0v) is 13.2. The molecule has 1 aromatic heterocycles. The van der Waals surface area contributed by atoms with Crippen molar-refractivity contribution >= 4 is 11.6 Å². The Morgan fingerprint density at radius 2 is 1.83 bits per heavy atom. The average Bonchev–Trinajstić information content (AvgIpc) is 2.61. The molecule has 0 atom stereocenters. The lowest BCUT2D eigenvalue weighted by molar-refractivity contribution is -0.385. The minimum Gasteiger partial charge on any atom is -0.493 e. The number of rotatable bonds is 7. The summed E-state index contributed by atoms with van der Waals surface area (Å²) in [5.74, 6) is -0.147. The summed E-state index contributed by atoms with van der Waals surface area (Å²) in [6.45, 7) is 0.289. The number of nitrogens with one attached hydrogen (secondary N) is 1. The predicted octanol–water partition coefficient (Wildman–Crippen LogP) is 1.37. The van der Waals surface area contributed by atoms with Gasteiger partial charge in [-0.3, -0.25) is 14.9 Å². The van der Waals surface area contributed by atoms with Crippen LogP contribution in [0, 0.1) is 10.1 Å². The number of hydrogen-bond acceptors (Lipinski definition) is 7. The third kappa shape index (κ3) is 3.94. The molecule has 0 fully saturated rings. The van der Waals surface area contributed by atoms with Gasteiger partial charge in [0.2, 0.25) is 0 Å². The van der Waals surface area contributed by atoms with Gasteiger partial charge in [-0.25, -0.2) is 9.97 Å². The first-order valence-corrected chi connectivity index (χ1v) is 6.99. The first-order chi connectivity index (χ1) is 11.6. The molecule has 126 valence electrons. The van der Waals surface area contributed by atoms with Crippen LogP contribution in [0.15, 0.2) is 30.9 Å². The van der Waals surface area contributed by atoms with Crippen LogP contribution in [0.4, 0.5) is 5.69 Å². The highest BCUT2D eigenvalue weighted by Crippen LogP contribution is 2.34. The van der Waals surface area contributed by atoms with Crippen molar-refractivity contribution in [2.45, 2.75) is 6.42 Å². The molecule has 9 heteroatoms. The maximum Gasteiger partial charge on any atom is 0.286 e. The van der Waals surface area contributed by atoms with Crippen LogP contribution < -0.4 is 14.8 Å². The molecule has 9 nitrogen and oxygen atoms in total. The number of nitro benzene ring substituents is 1. The smallest absolute Gasteiger partial charge is 0.286 e. The zero-order chi connectivity index (χ0) is 17.5. The van der Waals surface area contributed by atoms with Gasteiger partial charge >= 0.3 is 0 Å². The van der Waals surface area contributed by atoms with Crippen LogP contribution in [-0.4, -0.2) is 41.6 Å². The Morgan fingerprint density at radius 3 is 2.42 bits per heavy atom. The molecular weight excluding hydrogens is 316 g/mol. The molecule has 2 aromatic rings. The van der Waals surface area contributed by atoms with Crippen molar-refractivity contribution in [3.8, 4) is 11.5 Å². The Balaban J connectivity index is 2.16. The minimum atomic E-state index is -0.637. The number of hydrogen-bond donors (Lipinski definition) is 1. The third-order valence-corrected chi connectivity index (χ3v) is 3.26. The monoisotopic (exact) mass is 332 g/mol. The summed E-state index contributed by atoms with van der Waals surface area (Å²) in [5.41, 5.74) is 0.398. The first-order valence-electron chi connectivity index (χ1n) is 6.99. The van der Waals surface area contributed by atoms with Gasteiger partial charge in [-0.2, -0.15) is 0 Å². The van der Waals surface area contributed by atoms with Crippen molar-refractivity contribution in [2.75, 3.05) is 20.8 Å². The van der Waals surface area contributed by atoms with Gasteiger partial charge in [0.15, 0.2) is 11.5 Å². The van der Waals surface area contributed by atoms with E-state index in [1.807, 2.05) is 0 Å². The summed E-state index contributed by atoms with van der Waals surface area (Å²) in [6, 6.07) is 2.46. The van der Waals surface area contributed by atoms with Gasteiger partial charge in [0.1, 0.15) is 11.9 Å². The molecular formula is C15H16N4O5. The van der Waals surface area contributed by atoms with E-state index in [0.717, 1.165) is 5.56 Å². The van der Waals surface area contributed by atoms with Crippen LogP contribution in [0.1, 0.15) is 15.9 Å². The van der Waals surface area contributed by atoms with E-state index < -0.39 is 10.8 Å². The van der Waals surface area contributed by atoms with E-state index in [2.05, 4.69) is 15.3 Å². The zero-order valence-electron chi connectivity index (χ0n) is 13.2. The summed E-state index contributed by atoms with van der Waals surface area (Å²) in [5, 5.41) is 13.8. The van der Waals surface area contributed by atoms with E-state index in [1.54, 1.807) is 12.4 Å². The van der Waals surface area contributed by atoms with Crippen molar-refractivity contribution < 1.29 is 19.2 Å². The van der Waals surface area contributed by atoms with Crippen molar-refractivity contribution in [1.29, 1.82) is 0 Å².